The number of halogens is 4. The number of carbonyl (C=O) groups is 2. The van der Waals surface area contributed by atoms with Gasteiger partial charge in [-0.05, 0) is 0 Å². The molecule has 0 saturated heterocycles. The minimum atomic E-state index is -5.41. The van der Waals surface area contributed by atoms with Gasteiger partial charge >= 0.3 is 320 Å². The second-order valence-corrected chi connectivity index (χ2v) is 19.3. The number of ether oxygens (including phenoxy) is 2. The van der Waals surface area contributed by atoms with Crippen LogP contribution in [0.5, 0.6) is 0 Å². The molecule has 55 heavy (non-hydrogen) atoms. The molecule has 0 unspecified atom stereocenters. The summed E-state index contributed by atoms with van der Waals surface area (Å²) in [6.45, 7) is 0.333. The molecule has 8 rings (SSSR count). The Morgan fingerprint density at radius 1 is 0.582 bits per heavy atom. The molecule has 0 atom stereocenters. The van der Waals surface area contributed by atoms with Crippen molar-refractivity contribution in [3.05, 3.63) is 187 Å². The van der Waals surface area contributed by atoms with Gasteiger partial charge in [0, 0.05) is 0 Å². The Hall–Kier alpha value is -5.71. The molecule has 2 aliphatic heterocycles. The molecular formula is C44H34F4N2O4Ti. The zero-order valence-electron chi connectivity index (χ0n) is 29.5. The first-order chi connectivity index (χ1) is 26.8. The van der Waals surface area contributed by atoms with E-state index in [4.69, 9.17) is 9.47 Å². The molecule has 4 aromatic carbocycles. The van der Waals surface area contributed by atoms with Crippen molar-refractivity contribution >= 4 is 30.9 Å². The van der Waals surface area contributed by atoms with E-state index in [1.54, 1.807) is 109 Å². The normalized spacial score (nSPS) is 15.5. The molecule has 276 valence electrons. The third-order valence-electron chi connectivity index (χ3n) is 10.3. The molecule has 0 radical (unpaired) electrons. The van der Waals surface area contributed by atoms with Crippen LogP contribution in [0.4, 0.5) is 28.9 Å². The van der Waals surface area contributed by atoms with Crippen LogP contribution in [0.15, 0.2) is 153 Å². The topological polar surface area (TPSA) is 59.1 Å². The number of hydrogen-bond donors (Lipinski definition) is 0. The van der Waals surface area contributed by atoms with Crippen LogP contribution in [-0.4, -0.2) is 38.1 Å². The third-order valence-corrected chi connectivity index (χ3v) is 18.2. The summed E-state index contributed by atoms with van der Waals surface area (Å²) in [5, 5.41) is 0. The van der Waals surface area contributed by atoms with Crippen molar-refractivity contribution < 1.29 is 53.2 Å². The Morgan fingerprint density at radius 3 is 1.31 bits per heavy atom. The SMILES string of the molecule is O=C(c1ccccc1)N(CC1=CCO1)c1ccc(F)[c]([Ti]([C]2=CC=CC2)([C]2=CC=CC2)[c]2c(F)ccc(N(CC3=CCO3)C(=O)c3ccccc3)c2F)c1F. The van der Waals surface area contributed by atoms with E-state index in [-0.39, 0.29) is 48.4 Å². The number of benzene rings is 4. The van der Waals surface area contributed by atoms with Gasteiger partial charge in [-0.2, -0.15) is 0 Å². The Bertz CT molecular complexity index is 2220. The molecule has 0 fully saturated rings. The number of amides is 2. The van der Waals surface area contributed by atoms with Crippen molar-refractivity contribution in [3.8, 4) is 0 Å². The standard InChI is InChI=1S/2C17H12F2NO2.2C5H5.Ti/c2*18-13-6-7-16(15(19)10-13)20(11-14-8-9-22-14)17(21)12-4-2-1-3-5-12;2*1-2-4-5-3-1;/h2*1-8H,9,11H2;2*1-3H,4H2;. The van der Waals surface area contributed by atoms with Gasteiger partial charge in [-0.1, -0.05) is 0 Å². The molecule has 0 saturated carbocycles. The van der Waals surface area contributed by atoms with Gasteiger partial charge in [-0.25, -0.2) is 0 Å². The Labute approximate surface area is 319 Å². The van der Waals surface area contributed by atoms with Crippen molar-refractivity contribution in [1.29, 1.82) is 0 Å². The van der Waals surface area contributed by atoms with Gasteiger partial charge < -0.3 is 0 Å². The quantitative estimate of drug-likeness (QED) is 0.108. The van der Waals surface area contributed by atoms with Crippen molar-refractivity contribution in [1.82, 2.24) is 0 Å². The summed E-state index contributed by atoms with van der Waals surface area (Å²) in [6.07, 6.45) is 14.3. The summed E-state index contributed by atoms with van der Waals surface area (Å²) in [5.74, 6) is -4.49. The van der Waals surface area contributed by atoms with E-state index in [2.05, 4.69) is 0 Å². The van der Waals surface area contributed by atoms with Crippen LogP contribution in [0.2, 0.25) is 0 Å². The second kappa shape index (κ2) is 15.2. The molecule has 0 spiro atoms. The molecule has 2 amide bonds. The maximum atomic E-state index is 17.9. The van der Waals surface area contributed by atoms with Crippen LogP contribution in [0.25, 0.3) is 0 Å². The molecule has 6 nitrogen and oxygen atoms in total. The molecule has 4 aromatic rings. The Kier molecular flexibility index (Phi) is 10.0. The fraction of sp³-hybridized carbons (Fsp3) is 0.136. The Balaban J connectivity index is 1.38. The van der Waals surface area contributed by atoms with Crippen molar-refractivity contribution in [3.63, 3.8) is 0 Å². The molecule has 2 aliphatic carbocycles. The molecule has 0 bridgehead atoms. The zero-order valence-corrected chi connectivity index (χ0v) is 31.0. The van der Waals surface area contributed by atoms with E-state index in [0.717, 1.165) is 12.1 Å². The predicted molar refractivity (Wildman–Crippen MR) is 200 cm³/mol. The van der Waals surface area contributed by atoms with Gasteiger partial charge in [-0.3, -0.25) is 0 Å². The van der Waals surface area contributed by atoms with Gasteiger partial charge in [0.15, 0.2) is 0 Å². The maximum absolute atomic E-state index is 17.9. The van der Waals surface area contributed by atoms with Crippen LogP contribution < -0.4 is 17.5 Å². The van der Waals surface area contributed by atoms with E-state index < -0.39 is 59.4 Å². The fourth-order valence-corrected chi connectivity index (χ4v) is 15.8. The Morgan fingerprint density at radius 2 is 0.982 bits per heavy atom. The van der Waals surface area contributed by atoms with Crippen LogP contribution in [0.3, 0.4) is 0 Å². The number of allylic oxidation sites excluding steroid dienone is 8. The minimum absolute atomic E-state index is 0.156. The molecule has 2 heterocycles. The summed E-state index contributed by atoms with van der Waals surface area (Å²) in [5.41, 5.74) is -0.0165. The van der Waals surface area contributed by atoms with E-state index in [9.17, 15) is 9.59 Å². The monoisotopic (exact) mass is 778 g/mol. The van der Waals surface area contributed by atoms with Gasteiger partial charge in [0.2, 0.25) is 0 Å². The zero-order chi connectivity index (χ0) is 38.1. The van der Waals surface area contributed by atoms with E-state index in [1.165, 1.54) is 21.9 Å². The summed E-state index contributed by atoms with van der Waals surface area (Å²) >= 11 is -5.41. The number of hydrogen-bond acceptors (Lipinski definition) is 4. The van der Waals surface area contributed by atoms with Crippen molar-refractivity contribution in [2.45, 2.75) is 12.8 Å². The molecule has 11 heteroatoms. The van der Waals surface area contributed by atoms with E-state index in [1.807, 2.05) is 0 Å². The van der Waals surface area contributed by atoms with Crippen LogP contribution >= 0.6 is 0 Å². The van der Waals surface area contributed by atoms with Gasteiger partial charge in [0.25, 0.3) is 0 Å². The summed E-state index contributed by atoms with van der Waals surface area (Å²) in [7, 11) is 0. The van der Waals surface area contributed by atoms with Crippen LogP contribution in [0.1, 0.15) is 33.6 Å². The van der Waals surface area contributed by atoms with Gasteiger partial charge in [0.05, 0.1) is 0 Å². The number of nitrogens with zero attached hydrogens (tertiary/aromatic N) is 2. The number of anilines is 2. The third kappa shape index (κ3) is 6.49. The molecule has 0 aromatic heterocycles. The van der Waals surface area contributed by atoms with E-state index >= 15 is 17.6 Å². The van der Waals surface area contributed by atoms with Crippen molar-refractivity contribution in [2.75, 3.05) is 36.1 Å². The number of rotatable bonds is 12. The van der Waals surface area contributed by atoms with Crippen LogP contribution in [-0.2, 0) is 26.1 Å². The number of carbonyl (C=O) groups excluding carboxylic acids is 2. The molecular weight excluding hydrogens is 744 g/mol. The summed E-state index contributed by atoms with van der Waals surface area (Å²) < 4.78 is 80.9. The predicted octanol–water partition coefficient (Wildman–Crippen LogP) is 8.16. The fourth-order valence-electron chi connectivity index (χ4n) is 7.55. The average Bonchev–Trinajstić information content (AvgIpc) is 3.91. The second-order valence-electron chi connectivity index (χ2n) is 13.4. The summed E-state index contributed by atoms with van der Waals surface area (Å²) in [6, 6.07) is 21.0. The average molecular weight is 779 g/mol. The first-order valence-electron chi connectivity index (χ1n) is 17.9. The van der Waals surface area contributed by atoms with Gasteiger partial charge in [-0.15, -0.1) is 0 Å². The van der Waals surface area contributed by atoms with Crippen LogP contribution in [0, 0.1) is 23.3 Å². The van der Waals surface area contributed by atoms with Gasteiger partial charge in [0.1, 0.15) is 0 Å². The molecule has 0 N–H and O–H groups in total. The molecule has 4 aliphatic rings. The van der Waals surface area contributed by atoms with Crippen molar-refractivity contribution in [2.24, 2.45) is 0 Å². The van der Waals surface area contributed by atoms with E-state index in [0.29, 0.717) is 32.5 Å². The first-order valence-corrected chi connectivity index (χ1v) is 21.0. The summed E-state index contributed by atoms with van der Waals surface area (Å²) in [4.78, 5) is 30.6. The first kappa shape index (κ1) is 36.3.